The van der Waals surface area contributed by atoms with Crippen molar-refractivity contribution in [2.75, 3.05) is 93.5 Å². The molecule has 438 valence electrons. The van der Waals surface area contributed by atoms with Crippen LogP contribution >= 0.6 is 0 Å². The summed E-state index contributed by atoms with van der Waals surface area (Å²) in [6.45, 7) is 20.4. The van der Waals surface area contributed by atoms with Crippen molar-refractivity contribution < 1.29 is 37.9 Å². The van der Waals surface area contributed by atoms with Crippen molar-refractivity contribution in [2.24, 2.45) is 23.7 Å². The summed E-state index contributed by atoms with van der Waals surface area (Å²) in [5.41, 5.74) is 2.90. The maximum atomic E-state index is 6.81. The van der Waals surface area contributed by atoms with Gasteiger partial charge in [0, 0.05) is 14.2 Å². The van der Waals surface area contributed by atoms with Gasteiger partial charge in [0.1, 0.15) is 24.7 Å². The lowest BCUT2D eigenvalue weighted by Crippen LogP contribution is -2.12. The summed E-state index contributed by atoms with van der Waals surface area (Å²) < 4.78 is 47.4. The highest BCUT2D eigenvalue weighted by Crippen LogP contribution is 2.61. The Balaban J connectivity index is 1.06. The second-order valence-electron chi connectivity index (χ2n) is 25.7. The lowest BCUT2D eigenvalue weighted by atomic mass is 9.73. The Morgan fingerprint density at radius 3 is 0.881 bits per heavy atom. The molecule has 0 amide bonds. The quantitative estimate of drug-likeness (QED) is 0.0224. The number of methoxy groups -OCH3 is 2. The molecule has 2 atom stereocenters. The molecule has 0 saturated carbocycles. The summed E-state index contributed by atoms with van der Waals surface area (Å²) in [6, 6.07) is 34.1. The Labute approximate surface area is 495 Å². The Kier molecular flexibility index (Phi) is 16.8. The van der Waals surface area contributed by atoms with Crippen LogP contribution in [0.25, 0.3) is 129 Å². The van der Waals surface area contributed by atoms with Crippen molar-refractivity contribution in [1.82, 2.24) is 0 Å². The molecule has 13 aromatic carbocycles. The van der Waals surface area contributed by atoms with Gasteiger partial charge in [0.2, 0.25) is 0 Å². The SMILES string of the molecule is COCCOCCOCCOc1cc2c3cccc4c5cc(CC[C@@H](C)CCCC(C)C)cc6c7cc(CC[C@@H](C)CCCC(C)C)cc8c9cccc%10c%11cc(OCCOCCOCCOC)cc%12c(c1)c2c1c(c43)c(c56)c(c87)c(c9%10)c1c%11%12. The van der Waals surface area contributed by atoms with E-state index in [9.17, 15) is 0 Å². The van der Waals surface area contributed by atoms with E-state index in [1.54, 1.807) is 14.2 Å². The van der Waals surface area contributed by atoms with Gasteiger partial charge in [-0.15, -0.1) is 0 Å². The van der Waals surface area contributed by atoms with Crippen LogP contribution < -0.4 is 9.47 Å². The van der Waals surface area contributed by atoms with Crippen molar-refractivity contribution in [3.63, 3.8) is 0 Å². The first-order valence-electron chi connectivity index (χ1n) is 31.9. The minimum absolute atomic E-state index is 0.410. The average molecular weight is 1130 g/mol. The van der Waals surface area contributed by atoms with Crippen molar-refractivity contribution in [3.8, 4) is 11.5 Å². The molecular formula is C76H86O8. The second kappa shape index (κ2) is 24.7. The average Bonchev–Trinajstić information content (AvgIpc) is 0.689. The van der Waals surface area contributed by atoms with Gasteiger partial charge in [-0.25, -0.2) is 0 Å². The lowest BCUT2D eigenvalue weighted by molar-refractivity contribution is 0.0180. The summed E-state index contributed by atoms with van der Waals surface area (Å²) in [7, 11) is 3.38. The second-order valence-corrected chi connectivity index (χ2v) is 25.7. The van der Waals surface area contributed by atoms with Crippen LogP contribution in [0, 0.1) is 23.7 Å². The van der Waals surface area contributed by atoms with Gasteiger partial charge in [0.05, 0.1) is 66.1 Å². The molecule has 0 N–H and O–H groups in total. The van der Waals surface area contributed by atoms with Gasteiger partial charge in [-0.3, -0.25) is 0 Å². The molecule has 0 saturated heterocycles. The van der Waals surface area contributed by atoms with Crippen molar-refractivity contribution in [1.29, 1.82) is 0 Å². The first-order chi connectivity index (χ1) is 41.1. The molecule has 84 heavy (non-hydrogen) atoms. The third kappa shape index (κ3) is 10.4. The zero-order valence-electron chi connectivity index (χ0n) is 51.2. The largest absolute Gasteiger partial charge is 0.491 e. The summed E-state index contributed by atoms with van der Waals surface area (Å²) in [6.07, 6.45) is 12.3. The first kappa shape index (κ1) is 57.0. The summed E-state index contributed by atoms with van der Waals surface area (Å²) >= 11 is 0. The highest BCUT2D eigenvalue weighted by atomic mass is 16.6. The zero-order chi connectivity index (χ0) is 57.6. The van der Waals surface area contributed by atoms with E-state index in [0.29, 0.717) is 91.1 Å². The lowest BCUT2D eigenvalue weighted by Gasteiger charge is -2.30. The van der Waals surface area contributed by atoms with Crippen LogP contribution in [-0.2, 0) is 41.3 Å². The van der Waals surface area contributed by atoms with Gasteiger partial charge in [0.15, 0.2) is 0 Å². The van der Waals surface area contributed by atoms with E-state index in [1.165, 1.54) is 192 Å². The number of ether oxygens (including phenoxy) is 8. The summed E-state index contributed by atoms with van der Waals surface area (Å²) in [5, 5.41) is 32.1. The molecule has 0 fully saturated rings. The number of hydrogen-bond acceptors (Lipinski definition) is 8. The number of aryl methyl sites for hydroxylation is 2. The minimum atomic E-state index is 0.410. The van der Waals surface area contributed by atoms with Crippen LogP contribution in [0.2, 0.25) is 0 Å². The van der Waals surface area contributed by atoms with Crippen LogP contribution in [0.3, 0.4) is 0 Å². The van der Waals surface area contributed by atoms with Gasteiger partial charge >= 0.3 is 0 Å². The molecule has 8 heteroatoms. The number of fused-ring (bicyclic) bond motifs is 6. The first-order valence-corrected chi connectivity index (χ1v) is 31.9. The monoisotopic (exact) mass is 1130 g/mol. The van der Waals surface area contributed by atoms with Gasteiger partial charge in [-0.2, -0.15) is 0 Å². The third-order valence-corrected chi connectivity index (χ3v) is 18.9. The van der Waals surface area contributed by atoms with Crippen molar-refractivity contribution >= 4 is 129 Å². The van der Waals surface area contributed by atoms with Gasteiger partial charge < -0.3 is 37.9 Å². The molecular weight excluding hydrogens is 1040 g/mol. The number of rotatable bonds is 34. The normalized spacial score (nSPS) is 13.7. The van der Waals surface area contributed by atoms with Crippen LogP contribution in [0.5, 0.6) is 11.5 Å². The highest BCUT2D eigenvalue weighted by Gasteiger charge is 2.32. The van der Waals surface area contributed by atoms with E-state index in [-0.39, 0.29) is 0 Å². The maximum Gasteiger partial charge on any atom is 0.120 e. The molecule has 8 nitrogen and oxygen atoms in total. The van der Waals surface area contributed by atoms with E-state index in [1.807, 2.05) is 0 Å². The maximum absolute atomic E-state index is 6.81. The Morgan fingerprint density at radius 2 is 0.560 bits per heavy atom. The van der Waals surface area contributed by atoms with Crippen LogP contribution in [-0.4, -0.2) is 93.5 Å². The third-order valence-electron chi connectivity index (χ3n) is 18.9. The van der Waals surface area contributed by atoms with Crippen LogP contribution in [0.4, 0.5) is 0 Å². The molecule has 0 aliphatic heterocycles. The Bertz CT molecular complexity index is 4030. The van der Waals surface area contributed by atoms with Crippen molar-refractivity contribution in [3.05, 3.63) is 96.1 Å². The smallest absolute Gasteiger partial charge is 0.120 e. The molecule has 13 aromatic rings. The van der Waals surface area contributed by atoms with E-state index in [0.717, 1.165) is 36.2 Å². The summed E-state index contributed by atoms with van der Waals surface area (Å²) in [5.74, 6) is 4.47. The molecule has 0 radical (unpaired) electrons. The van der Waals surface area contributed by atoms with Gasteiger partial charge in [-0.05, 0) is 214 Å². The molecule has 0 bridgehead atoms. The van der Waals surface area contributed by atoms with E-state index in [2.05, 4.69) is 126 Å². The Morgan fingerprint density at radius 1 is 0.286 bits per heavy atom. The molecule has 0 heterocycles. The Hall–Kier alpha value is -6.10. The molecule has 0 unspecified atom stereocenters. The number of benzene rings is 13. The fourth-order valence-electron chi connectivity index (χ4n) is 14.9. The zero-order valence-corrected chi connectivity index (χ0v) is 51.2. The van der Waals surface area contributed by atoms with E-state index in [4.69, 9.17) is 37.9 Å². The van der Waals surface area contributed by atoms with Crippen LogP contribution in [0.15, 0.2) is 84.9 Å². The molecule has 0 aliphatic rings. The fraction of sp³-hybridized carbons (Fsp3) is 0.447. The minimum Gasteiger partial charge on any atom is -0.491 e. The topological polar surface area (TPSA) is 73.8 Å². The highest BCUT2D eigenvalue weighted by molar-refractivity contribution is 6.61. The predicted molar refractivity (Wildman–Crippen MR) is 354 cm³/mol. The standard InChI is InChI=1S/C76H86O8/c1-45(2)13-9-15-47(5)21-23-49-37-57-53-17-11-19-55-61-41-51(83-35-33-81-31-29-79-27-25-77-7)43-63-64-44-52(84-36-34-82-32-30-80-28-26-78-8)42-62-56-20-12-18-54-58-38-50(24-22-48(6)16-10-14-46(3)4)40-60-59(39-49)67(57)73-71(65(53)55)75(69(61)63)76(70(62)64)72(66(54)56)74(73)68(58)60/h11-12,17-20,37-48H,9-10,13-16,21-36H2,1-8H3/t47-,48-/m0/s1. The molecule has 0 aliphatic carbocycles. The summed E-state index contributed by atoms with van der Waals surface area (Å²) in [4.78, 5) is 0. The molecule has 13 rings (SSSR count). The fourth-order valence-corrected chi connectivity index (χ4v) is 14.9. The van der Waals surface area contributed by atoms with E-state index >= 15 is 0 Å². The van der Waals surface area contributed by atoms with Gasteiger partial charge in [0.25, 0.3) is 0 Å². The molecule has 0 spiro atoms. The van der Waals surface area contributed by atoms with Crippen LogP contribution in [0.1, 0.15) is 104 Å². The molecule has 0 aromatic heterocycles. The number of hydrogen-bond donors (Lipinski definition) is 0. The van der Waals surface area contributed by atoms with Gasteiger partial charge in [-0.1, -0.05) is 141 Å². The van der Waals surface area contributed by atoms with Crippen molar-refractivity contribution in [2.45, 2.75) is 106 Å². The predicted octanol–water partition coefficient (Wildman–Crippen LogP) is 19.1. The van der Waals surface area contributed by atoms with E-state index < -0.39 is 0 Å².